The molecule has 0 radical (unpaired) electrons. The summed E-state index contributed by atoms with van der Waals surface area (Å²) in [5.74, 6) is 1.22. The highest BCUT2D eigenvalue weighted by atomic mass is 16.3. The van der Waals surface area contributed by atoms with E-state index in [1.807, 2.05) is 16.8 Å². The molecule has 1 aliphatic heterocycles. The molecule has 3 heterocycles. The molecule has 0 aromatic carbocycles. The van der Waals surface area contributed by atoms with Crippen molar-refractivity contribution in [3.05, 3.63) is 30.5 Å². The summed E-state index contributed by atoms with van der Waals surface area (Å²) in [6, 6.07) is 4.04. The molecule has 2 aromatic rings. The van der Waals surface area contributed by atoms with Gasteiger partial charge in [0.25, 0.3) is 0 Å². The van der Waals surface area contributed by atoms with E-state index >= 15 is 0 Å². The van der Waals surface area contributed by atoms with Crippen LogP contribution in [0.3, 0.4) is 0 Å². The van der Waals surface area contributed by atoms with Crippen molar-refractivity contribution in [1.29, 1.82) is 0 Å². The van der Waals surface area contributed by atoms with Gasteiger partial charge in [-0.05, 0) is 37.8 Å². The highest BCUT2D eigenvalue weighted by Crippen LogP contribution is 2.32. The van der Waals surface area contributed by atoms with E-state index in [2.05, 4.69) is 15.4 Å². The fraction of sp³-hybridized carbons (Fsp3) is 0.588. The average Bonchev–Trinajstić information content (AvgIpc) is 3.36. The van der Waals surface area contributed by atoms with Crippen LogP contribution in [-0.2, 0) is 0 Å². The van der Waals surface area contributed by atoms with Gasteiger partial charge in [0.15, 0.2) is 0 Å². The molecule has 0 bridgehead atoms. The van der Waals surface area contributed by atoms with E-state index in [1.165, 1.54) is 19.3 Å². The maximum absolute atomic E-state index is 12.6. The summed E-state index contributed by atoms with van der Waals surface area (Å²) >= 11 is 0. The third-order valence-corrected chi connectivity index (χ3v) is 5.06. The van der Waals surface area contributed by atoms with Crippen LogP contribution in [0.1, 0.15) is 62.8 Å². The lowest BCUT2D eigenvalue weighted by atomic mass is 9.96. The second kappa shape index (κ2) is 6.67. The maximum atomic E-state index is 12.6. The molecule has 1 saturated heterocycles. The predicted molar refractivity (Wildman–Crippen MR) is 88.6 cm³/mol. The van der Waals surface area contributed by atoms with Crippen molar-refractivity contribution in [2.24, 2.45) is 0 Å². The van der Waals surface area contributed by atoms with Gasteiger partial charge < -0.3 is 9.32 Å². The first-order chi connectivity index (χ1) is 11.8. The van der Waals surface area contributed by atoms with E-state index in [0.717, 1.165) is 38.0 Å². The Kier molecular flexibility index (Phi) is 4.23. The van der Waals surface area contributed by atoms with Crippen molar-refractivity contribution in [2.75, 3.05) is 11.9 Å². The fourth-order valence-electron chi connectivity index (χ4n) is 3.81. The number of carbonyl (C=O) groups excluding carboxylic acids is 1. The molecule has 1 unspecified atom stereocenters. The molecule has 1 aliphatic carbocycles. The lowest BCUT2D eigenvalue weighted by molar-refractivity contribution is 0.199. The smallest absolute Gasteiger partial charge is 0.324 e. The molecule has 1 atom stereocenters. The van der Waals surface area contributed by atoms with Gasteiger partial charge in [-0.25, -0.2) is 14.5 Å². The van der Waals surface area contributed by atoms with Gasteiger partial charge in [0.05, 0.1) is 18.3 Å². The number of hydrogen-bond acceptors (Lipinski definition) is 4. The van der Waals surface area contributed by atoms with Crippen molar-refractivity contribution in [1.82, 2.24) is 19.7 Å². The molecular weight excluding hydrogens is 306 g/mol. The Morgan fingerprint density at radius 2 is 2.08 bits per heavy atom. The maximum Gasteiger partial charge on any atom is 0.324 e. The Labute approximate surface area is 141 Å². The van der Waals surface area contributed by atoms with Crippen LogP contribution in [-0.4, -0.2) is 32.2 Å². The molecule has 2 aromatic heterocycles. The van der Waals surface area contributed by atoms with Crippen LogP contribution < -0.4 is 5.32 Å². The van der Waals surface area contributed by atoms with Crippen molar-refractivity contribution in [3.8, 4) is 0 Å². The number of amides is 2. The molecule has 2 fully saturated rings. The molecule has 24 heavy (non-hydrogen) atoms. The second-order valence-corrected chi connectivity index (χ2v) is 6.64. The van der Waals surface area contributed by atoms with Crippen LogP contribution in [0.15, 0.2) is 29.1 Å². The fourth-order valence-corrected chi connectivity index (χ4v) is 3.81. The molecule has 1 N–H and O–H groups in total. The minimum absolute atomic E-state index is 0.000398. The van der Waals surface area contributed by atoms with Gasteiger partial charge >= 0.3 is 6.03 Å². The Hall–Kier alpha value is -2.31. The monoisotopic (exact) mass is 329 g/mol. The van der Waals surface area contributed by atoms with Gasteiger partial charge in [0.1, 0.15) is 12.1 Å². The van der Waals surface area contributed by atoms with Gasteiger partial charge in [0, 0.05) is 6.54 Å². The van der Waals surface area contributed by atoms with Crippen LogP contribution >= 0.6 is 0 Å². The van der Waals surface area contributed by atoms with Crippen LogP contribution in [0.5, 0.6) is 0 Å². The summed E-state index contributed by atoms with van der Waals surface area (Å²) in [6.45, 7) is 0.723. The van der Waals surface area contributed by atoms with E-state index < -0.39 is 0 Å². The molecular formula is C17H23N5O2. The third-order valence-electron chi connectivity index (χ3n) is 5.06. The SMILES string of the molecule is O=C(Nc1ncn(C2CCCCC2)n1)N1CCCC1c1ccco1. The molecule has 7 heteroatoms. The highest BCUT2D eigenvalue weighted by molar-refractivity contribution is 5.87. The summed E-state index contributed by atoms with van der Waals surface area (Å²) in [7, 11) is 0. The summed E-state index contributed by atoms with van der Waals surface area (Å²) in [5, 5.41) is 7.29. The van der Waals surface area contributed by atoms with Crippen LogP contribution in [0, 0.1) is 0 Å². The Bertz CT molecular complexity index is 675. The number of likely N-dealkylation sites (tertiary alicyclic amines) is 1. The molecule has 2 amide bonds. The molecule has 1 saturated carbocycles. The largest absolute Gasteiger partial charge is 0.467 e. The minimum Gasteiger partial charge on any atom is -0.467 e. The summed E-state index contributed by atoms with van der Waals surface area (Å²) in [6.07, 6.45) is 11.4. The lowest BCUT2D eigenvalue weighted by Crippen LogP contribution is -2.34. The Morgan fingerprint density at radius 1 is 1.21 bits per heavy atom. The zero-order chi connectivity index (χ0) is 16.4. The van der Waals surface area contributed by atoms with E-state index in [0.29, 0.717) is 12.0 Å². The van der Waals surface area contributed by atoms with Crippen molar-refractivity contribution < 1.29 is 9.21 Å². The number of anilines is 1. The van der Waals surface area contributed by atoms with Crippen molar-refractivity contribution in [2.45, 2.75) is 57.0 Å². The lowest BCUT2D eigenvalue weighted by Gasteiger charge is -2.23. The molecule has 0 spiro atoms. The number of carbonyl (C=O) groups is 1. The van der Waals surface area contributed by atoms with Gasteiger partial charge in [-0.2, -0.15) is 0 Å². The summed E-state index contributed by atoms with van der Waals surface area (Å²) in [5.41, 5.74) is 0. The number of nitrogens with one attached hydrogen (secondary N) is 1. The second-order valence-electron chi connectivity index (χ2n) is 6.64. The third kappa shape index (κ3) is 3.02. The summed E-state index contributed by atoms with van der Waals surface area (Å²) in [4.78, 5) is 18.7. The zero-order valence-corrected chi connectivity index (χ0v) is 13.7. The van der Waals surface area contributed by atoms with E-state index in [4.69, 9.17) is 4.42 Å². The summed E-state index contributed by atoms with van der Waals surface area (Å²) < 4.78 is 7.38. The first-order valence-corrected chi connectivity index (χ1v) is 8.83. The van der Waals surface area contributed by atoms with Crippen LogP contribution in [0.4, 0.5) is 10.7 Å². The molecule has 2 aliphatic rings. The zero-order valence-electron chi connectivity index (χ0n) is 13.7. The first kappa shape index (κ1) is 15.2. The Balaban J connectivity index is 1.41. The minimum atomic E-state index is -0.157. The molecule has 7 nitrogen and oxygen atoms in total. The predicted octanol–water partition coefficient (Wildman–Crippen LogP) is 3.75. The number of rotatable bonds is 3. The first-order valence-electron chi connectivity index (χ1n) is 8.83. The van der Waals surface area contributed by atoms with Gasteiger partial charge in [-0.15, -0.1) is 5.10 Å². The number of urea groups is 1. The van der Waals surface area contributed by atoms with E-state index in [9.17, 15) is 4.79 Å². The molecule has 128 valence electrons. The molecule has 4 rings (SSSR count). The normalized spacial score (nSPS) is 22.0. The number of hydrogen-bond donors (Lipinski definition) is 1. The van der Waals surface area contributed by atoms with E-state index in [-0.39, 0.29) is 12.1 Å². The van der Waals surface area contributed by atoms with Crippen LogP contribution in [0.25, 0.3) is 0 Å². The quantitative estimate of drug-likeness (QED) is 0.930. The number of nitrogens with zero attached hydrogens (tertiary/aromatic N) is 4. The number of furan rings is 1. The van der Waals surface area contributed by atoms with Gasteiger partial charge in [-0.1, -0.05) is 19.3 Å². The standard InChI is InChI=1S/C17H23N5O2/c23-17(21-10-4-8-14(21)15-9-5-11-24-15)19-16-18-12-22(20-16)13-6-2-1-3-7-13/h5,9,11-14H,1-4,6-8,10H2,(H,19,20,23). The highest BCUT2D eigenvalue weighted by Gasteiger charge is 2.32. The van der Waals surface area contributed by atoms with Crippen LogP contribution in [0.2, 0.25) is 0 Å². The van der Waals surface area contributed by atoms with E-state index in [1.54, 1.807) is 17.5 Å². The Morgan fingerprint density at radius 3 is 2.88 bits per heavy atom. The van der Waals surface area contributed by atoms with Crippen molar-refractivity contribution in [3.63, 3.8) is 0 Å². The topological polar surface area (TPSA) is 76.2 Å². The van der Waals surface area contributed by atoms with Gasteiger partial charge in [0.2, 0.25) is 5.95 Å². The number of aromatic nitrogens is 3. The average molecular weight is 329 g/mol. The van der Waals surface area contributed by atoms with Gasteiger partial charge in [-0.3, -0.25) is 5.32 Å². The van der Waals surface area contributed by atoms with Crippen molar-refractivity contribution >= 4 is 12.0 Å².